The van der Waals surface area contributed by atoms with Crippen molar-refractivity contribution in [3.8, 4) is 40.1 Å². The van der Waals surface area contributed by atoms with E-state index in [1.807, 2.05) is 0 Å². The van der Waals surface area contributed by atoms with Gasteiger partial charge in [-0.15, -0.1) is 0 Å². The van der Waals surface area contributed by atoms with Gasteiger partial charge in [0, 0.05) is 18.2 Å². The Morgan fingerprint density at radius 3 is 2.13 bits per heavy atom. The quantitative estimate of drug-likeness (QED) is 0.0755. The third-order valence-electron chi connectivity index (χ3n) is 9.57. The molecule has 2 fully saturated rings. The first kappa shape index (κ1) is 40.4. The number of nitrogens with one attached hydrogen (secondary N) is 1. The molecule has 10 unspecified atom stereocenters. The van der Waals surface area contributed by atoms with Gasteiger partial charge < -0.3 is 79.7 Å². The molecule has 1 aromatic heterocycles. The van der Waals surface area contributed by atoms with E-state index in [4.69, 9.17) is 23.4 Å². The maximum atomic E-state index is 14.2. The minimum Gasteiger partial charge on any atom is -0.507 e. The van der Waals surface area contributed by atoms with Gasteiger partial charge in [-0.1, -0.05) is 39.0 Å². The van der Waals surface area contributed by atoms with Gasteiger partial charge in [-0.25, -0.2) is 0 Å². The summed E-state index contributed by atoms with van der Waals surface area (Å²) in [6, 6.07) is 4.41. The SMILES string of the molecule is CCCCCCCCNCc1c(O)cc(O)c2c(=O)c(OC3OC(COC4OC(C)C(O)C(O)C4O)C(O)C(O)C3O)c(-c3ccc(O)c(O)c3)oc12. The normalized spacial score (nSPS) is 29.1. The van der Waals surface area contributed by atoms with Gasteiger partial charge in [-0.05, 0) is 38.1 Å². The van der Waals surface area contributed by atoms with E-state index in [1.54, 1.807) is 0 Å². The molecule has 17 nitrogen and oxygen atoms in total. The zero-order valence-electron chi connectivity index (χ0n) is 29.4. The van der Waals surface area contributed by atoms with Crippen LogP contribution >= 0.6 is 0 Å². The van der Waals surface area contributed by atoms with Gasteiger partial charge in [0.25, 0.3) is 0 Å². The predicted molar refractivity (Wildman–Crippen MR) is 185 cm³/mol. The fourth-order valence-corrected chi connectivity index (χ4v) is 6.35. The van der Waals surface area contributed by atoms with Crippen molar-refractivity contribution in [3.05, 3.63) is 40.1 Å². The van der Waals surface area contributed by atoms with E-state index in [9.17, 15) is 55.9 Å². The van der Waals surface area contributed by atoms with E-state index in [1.165, 1.54) is 13.0 Å². The van der Waals surface area contributed by atoms with Crippen molar-refractivity contribution in [1.82, 2.24) is 5.32 Å². The Morgan fingerprint density at radius 1 is 0.736 bits per heavy atom. The number of hydrogen-bond acceptors (Lipinski definition) is 17. The van der Waals surface area contributed by atoms with Crippen LogP contribution in [-0.2, 0) is 20.8 Å². The number of aromatic hydroxyl groups is 4. The highest BCUT2D eigenvalue weighted by molar-refractivity contribution is 5.91. The second kappa shape index (κ2) is 17.6. The Kier molecular flexibility index (Phi) is 13.4. The predicted octanol–water partition coefficient (Wildman–Crippen LogP) is 0.763. The van der Waals surface area contributed by atoms with E-state index in [-0.39, 0.29) is 34.8 Å². The number of fused-ring (bicyclic) bond motifs is 1. The number of aliphatic hydroxyl groups is 6. The van der Waals surface area contributed by atoms with Gasteiger partial charge in [0.2, 0.25) is 17.5 Å². The van der Waals surface area contributed by atoms with Crippen LogP contribution in [0.15, 0.2) is 33.5 Å². The largest absolute Gasteiger partial charge is 0.507 e. The van der Waals surface area contributed by atoms with Gasteiger partial charge in [0.1, 0.15) is 59.6 Å². The first-order valence-electron chi connectivity index (χ1n) is 17.7. The summed E-state index contributed by atoms with van der Waals surface area (Å²) in [7, 11) is 0. The van der Waals surface area contributed by atoms with Crippen LogP contribution in [-0.4, -0.2) is 126 Å². The first-order chi connectivity index (χ1) is 25.2. The average molecular weight is 752 g/mol. The number of aliphatic hydroxyl groups excluding tert-OH is 6. The van der Waals surface area contributed by atoms with Crippen LogP contribution in [0.3, 0.4) is 0 Å². The monoisotopic (exact) mass is 751 g/mol. The van der Waals surface area contributed by atoms with Gasteiger partial charge in [0.15, 0.2) is 29.1 Å². The average Bonchev–Trinajstić information content (AvgIpc) is 3.12. The van der Waals surface area contributed by atoms with Crippen LogP contribution in [0.1, 0.15) is 57.9 Å². The number of benzene rings is 2. The minimum absolute atomic E-state index is 0.0211. The molecular weight excluding hydrogens is 702 g/mol. The zero-order chi connectivity index (χ0) is 38.6. The summed E-state index contributed by atoms with van der Waals surface area (Å²) in [4.78, 5) is 14.2. The molecule has 53 heavy (non-hydrogen) atoms. The molecule has 3 heterocycles. The van der Waals surface area contributed by atoms with Gasteiger partial charge >= 0.3 is 0 Å². The van der Waals surface area contributed by atoms with Crippen molar-refractivity contribution >= 4 is 11.0 Å². The standard InChI is InChI=1S/C36H49NO16/c1-3-4-5-6-7-8-11-37-14-18-20(39)13-22(41)24-27(44)34(32(52-33(18)24)17-9-10-19(38)21(40)12-17)53-36-31(48)29(46)26(43)23(51-36)15-49-35-30(47)28(45)25(42)16(2)50-35/h9-10,12-13,16,23,25-26,28-31,35-43,45-48H,3-8,11,14-15H2,1-2H3. The zero-order valence-corrected chi connectivity index (χ0v) is 29.4. The second-order valence-corrected chi connectivity index (χ2v) is 13.5. The number of phenolic OH excluding ortho intramolecular Hbond substituents is 4. The van der Waals surface area contributed by atoms with Crippen LogP contribution < -0.4 is 15.5 Å². The Hall–Kier alpha value is -3.75. The first-order valence-corrected chi connectivity index (χ1v) is 17.7. The van der Waals surface area contributed by atoms with E-state index in [0.29, 0.717) is 6.54 Å². The second-order valence-electron chi connectivity index (χ2n) is 13.5. The molecule has 0 amide bonds. The van der Waals surface area contributed by atoms with E-state index < -0.39 is 102 Å². The van der Waals surface area contributed by atoms with Crippen molar-refractivity contribution < 1.29 is 74.4 Å². The van der Waals surface area contributed by atoms with Crippen molar-refractivity contribution in [1.29, 1.82) is 0 Å². The summed E-state index contributed by atoms with van der Waals surface area (Å²) in [6.45, 7) is 3.58. The minimum atomic E-state index is -1.99. The maximum absolute atomic E-state index is 14.2. The van der Waals surface area contributed by atoms with Crippen LogP contribution in [0.5, 0.6) is 28.7 Å². The summed E-state index contributed by atoms with van der Waals surface area (Å²) >= 11 is 0. The summed E-state index contributed by atoms with van der Waals surface area (Å²) in [5, 5.41) is 108. The van der Waals surface area contributed by atoms with E-state index in [2.05, 4.69) is 12.2 Å². The molecule has 17 heteroatoms. The molecule has 2 saturated heterocycles. The molecule has 294 valence electrons. The molecule has 11 N–H and O–H groups in total. The topological polar surface area (TPSA) is 281 Å². The highest BCUT2D eigenvalue weighted by Gasteiger charge is 2.48. The lowest BCUT2D eigenvalue weighted by atomic mass is 9.98. The van der Waals surface area contributed by atoms with Crippen LogP contribution in [0.2, 0.25) is 0 Å². The molecule has 0 radical (unpaired) electrons. The van der Waals surface area contributed by atoms with E-state index >= 15 is 0 Å². The number of rotatable bonds is 15. The Labute approximate surface area is 304 Å². The molecule has 2 aromatic carbocycles. The van der Waals surface area contributed by atoms with Crippen molar-refractivity contribution in [2.24, 2.45) is 0 Å². The fraction of sp³-hybridized carbons (Fsp3) is 0.583. The van der Waals surface area contributed by atoms with Gasteiger partial charge in [0.05, 0.1) is 18.3 Å². The van der Waals surface area contributed by atoms with E-state index in [0.717, 1.165) is 56.7 Å². The number of hydrogen-bond donors (Lipinski definition) is 11. The highest BCUT2D eigenvalue weighted by atomic mass is 16.7. The number of unbranched alkanes of at least 4 members (excludes halogenated alkanes) is 5. The van der Waals surface area contributed by atoms with Gasteiger partial charge in [-0.3, -0.25) is 4.79 Å². The molecule has 3 aromatic rings. The summed E-state index contributed by atoms with van der Waals surface area (Å²) in [6.07, 6.45) is -9.91. The number of phenols is 4. The molecular formula is C36H49NO16. The third kappa shape index (κ3) is 8.81. The third-order valence-corrected chi connectivity index (χ3v) is 9.57. The van der Waals surface area contributed by atoms with Crippen molar-refractivity contribution in [2.75, 3.05) is 13.2 Å². The summed E-state index contributed by atoms with van der Waals surface area (Å²) in [5.74, 6) is -3.21. The Morgan fingerprint density at radius 2 is 1.42 bits per heavy atom. The molecule has 2 aliphatic heterocycles. The van der Waals surface area contributed by atoms with Crippen molar-refractivity contribution in [2.45, 2.75) is 120 Å². The van der Waals surface area contributed by atoms with Crippen LogP contribution in [0.4, 0.5) is 0 Å². The fourth-order valence-electron chi connectivity index (χ4n) is 6.35. The molecule has 0 aliphatic carbocycles. The van der Waals surface area contributed by atoms with Crippen molar-refractivity contribution in [3.63, 3.8) is 0 Å². The lowest BCUT2D eigenvalue weighted by Gasteiger charge is -2.42. The van der Waals surface area contributed by atoms with Crippen LogP contribution in [0, 0.1) is 0 Å². The molecule has 0 saturated carbocycles. The maximum Gasteiger partial charge on any atom is 0.239 e. The summed E-state index contributed by atoms with van der Waals surface area (Å²) in [5.41, 5.74) is -1.13. The molecule has 10 atom stereocenters. The Bertz CT molecular complexity index is 1750. The lowest BCUT2D eigenvalue weighted by Crippen LogP contribution is -2.61. The molecule has 5 rings (SSSR count). The Balaban J connectivity index is 1.46. The smallest absolute Gasteiger partial charge is 0.239 e. The van der Waals surface area contributed by atoms with Crippen LogP contribution in [0.25, 0.3) is 22.3 Å². The summed E-state index contributed by atoms with van der Waals surface area (Å²) < 4.78 is 28.7. The molecule has 0 bridgehead atoms. The lowest BCUT2D eigenvalue weighted by molar-refractivity contribution is -0.318. The molecule has 2 aliphatic rings. The number of ether oxygens (including phenoxy) is 4. The van der Waals surface area contributed by atoms with Gasteiger partial charge in [-0.2, -0.15) is 0 Å². The molecule has 0 spiro atoms. The highest BCUT2D eigenvalue weighted by Crippen LogP contribution is 2.41.